The third-order valence-electron chi connectivity index (χ3n) is 2.83. The predicted molar refractivity (Wildman–Crippen MR) is 73.5 cm³/mol. The Morgan fingerprint density at radius 2 is 1.94 bits per heavy atom. The molecule has 0 amide bonds. The maximum Gasteiger partial charge on any atom is 0.124 e. The molecule has 2 nitrogen and oxygen atoms in total. The number of nitrogens with one attached hydrogen (secondary N) is 1. The van der Waals surface area contributed by atoms with Gasteiger partial charge in [0.1, 0.15) is 5.75 Å². The van der Waals surface area contributed by atoms with E-state index in [1.54, 1.807) is 0 Å². The van der Waals surface area contributed by atoms with Gasteiger partial charge in [-0.3, -0.25) is 0 Å². The first kappa shape index (κ1) is 14.0. The average molecular weight is 235 g/mol. The molecule has 1 N–H and O–H groups in total. The van der Waals surface area contributed by atoms with Gasteiger partial charge in [0.15, 0.2) is 0 Å². The minimum atomic E-state index is 0.222. The Labute approximate surface area is 105 Å². The molecule has 0 saturated carbocycles. The predicted octanol–water partition coefficient (Wildman–Crippen LogP) is 3.67. The van der Waals surface area contributed by atoms with Gasteiger partial charge in [0.2, 0.25) is 0 Å². The molecule has 1 aromatic carbocycles. The molecule has 0 heterocycles. The van der Waals surface area contributed by atoms with Gasteiger partial charge in [0.25, 0.3) is 0 Å². The Balaban J connectivity index is 2.76. The van der Waals surface area contributed by atoms with Crippen molar-refractivity contribution in [1.82, 2.24) is 5.32 Å². The van der Waals surface area contributed by atoms with Crippen LogP contribution in [0.4, 0.5) is 0 Å². The molecule has 1 atom stereocenters. The fraction of sp³-hybridized carbons (Fsp3) is 0.600. The molecule has 0 aliphatic heterocycles. The van der Waals surface area contributed by atoms with Crippen LogP contribution in [0.25, 0.3) is 0 Å². The highest BCUT2D eigenvalue weighted by Crippen LogP contribution is 2.21. The fourth-order valence-electron chi connectivity index (χ4n) is 1.64. The van der Waals surface area contributed by atoms with E-state index in [0.29, 0.717) is 6.04 Å². The summed E-state index contributed by atoms with van der Waals surface area (Å²) in [6.45, 7) is 11.5. The van der Waals surface area contributed by atoms with Gasteiger partial charge in [-0.1, -0.05) is 24.6 Å². The van der Waals surface area contributed by atoms with Gasteiger partial charge in [-0.15, -0.1) is 0 Å². The molecule has 96 valence electrons. The van der Waals surface area contributed by atoms with Crippen LogP contribution in [0.1, 0.15) is 45.2 Å². The molecule has 17 heavy (non-hydrogen) atoms. The maximum absolute atomic E-state index is 5.83. The molecule has 0 saturated heterocycles. The van der Waals surface area contributed by atoms with Crippen molar-refractivity contribution >= 4 is 0 Å². The lowest BCUT2D eigenvalue weighted by molar-refractivity contribution is 0.239. The third-order valence-corrected chi connectivity index (χ3v) is 2.83. The van der Waals surface area contributed by atoms with Gasteiger partial charge < -0.3 is 10.1 Å². The zero-order valence-corrected chi connectivity index (χ0v) is 11.7. The van der Waals surface area contributed by atoms with Crippen molar-refractivity contribution in [3.8, 4) is 5.75 Å². The zero-order valence-electron chi connectivity index (χ0n) is 11.7. The Morgan fingerprint density at radius 3 is 2.53 bits per heavy atom. The molecule has 0 aliphatic carbocycles. The summed E-state index contributed by atoms with van der Waals surface area (Å²) in [5.74, 6) is 1.00. The average Bonchev–Trinajstić information content (AvgIpc) is 2.28. The summed E-state index contributed by atoms with van der Waals surface area (Å²) >= 11 is 0. The van der Waals surface area contributed by atoms with Crippen molar-refractivity contribution < 1.29 is 4.74 Å². The summed E-state index contributed by atoms with van der Waals surface area (Å²) in [5, 5.41) is 3.51. The summed E-state index contributed by atoms with van der Waals surface area (Å²) in [7, 11) is 0. The van der Waals surface area contributed by atoms with Crippen molar-refractivity contribution in [3.63, 3.8) is 0 Å². The number of benzene rings is 1. The molecule has 0 radical (unpaired) electrons. The lowest BCUT2D eigenvalue weighted by atomic mass is 10.1. The number of hydrogen-bond donors (Lipinski definition) is 1. The second-order valence-electron chi connectivity index (χ2n) is 4.97. The van der Waals surface area contributed by atoms with E-state index in [2.05, 4.69) is 58.1 Å². The summed E-state index contributed by atoms with van der Waals surface area (Å²) in [6, 6.07) is 6.92. The Hall–Kier alpha value is -1.02. The lowest BCUT2D eigenvalue weighted by Crippen LogP contribution is -2.25. The number of ether oxygens (including phenoxy) is 1. The molecule has 2 heteroatoms. The van der Waals surface area contributed by atoms with Gasteiger partial charge in [0, 0.05) is 18.2 Å². The van der Waals surface area contributed by atoms with E-state index in [4.69, 9.17) is 4.74 Å². The molecule has 0 aliphatic rings. The lowest BCUT2D eigenvalue weighted by Gasteiger charge is -2.17. The number of hydrogen-bond acceptors (Lipinski definition) is 2. The molecule has 0 spiro atoms. The second-order valence-corrected chi connectivity index (χ2v) is 4.97. The van der Waals surface area contributed by atoms with Crippen LogP contribution in [0.15, 0.2) is 18.2 Å². The molecular formula is C15H25NO. The van der Waals surface area contributed by atoms with Crippen LogP contribution in [-0.4, -0.2) is 12.1 Å². The van der Waals surface area contributed by atoms with Crippen molar-refractivity contribution in [2.45, 2.75) is 59.7 Å². The third kappa shape index (κ3) is 4.78. The second kappa shape index (κ2) is 6.65. The van der Waals surface area contributed by atoms with Crippen molar-refractivity contribution in [2.75, 3.05) is 0 Å². The molecular weight excluding hydrogens is 210 g/mol. The van der Waals surface area contributed by atoms with E-state index in [1.807, 2.05) is 0 Å². The molecule has 0 bridgehead atoms. The minimum Gasteiger partial charge on any atom is -0.491 e. The highest BCUT2D eigenvalue weighted by atomic mass is 16.5. The molecule has 0 aromatic heterocycles. The van der Waals surface area contributed by atoms with Crippen LogP contribution in [0.3, 0.4) is 0 Å². The van der Waals surface area contributed by atoms with Crippen LogP contribution >= 0.6 is 0 Å². The van der Waals surface area contributed by atoms with E-state index in [9.17, 15) is 0 Å². The number of aryl methyl sites for hydroxylation is 1. The molecule has 0 fully saturated rings. The topological polar surface area (TPSA) is 21.3 Å². The summed E-state index contributed by atoms with van der Waals surface area (Å²) in [5.41, 5.74) is 2.53. The smallest absolute Gasteiger partial charge is 0.124 e. The summed E-state index contributed by atoms with van der Waals surface area (Å²) in [4.78, 5) is 0. The number of rotatable bonds is 6. The van der Waals surface area contributed by atoms with E-state index in [0.717, 1.165) is 18.7 Å². The fourth-order valence-corrected chi connectivity index (χ4v) is 1.64. The monoisotopic (exact) mass is 235 g/mol. The first-order valence-electron chi connectivity index (χ1n) is 6.52. The summed E-state index contributed by atoms with van der Waals surface area (Å²) < 4.78 is 5.83. The largest absolute Gasteiger partial charge is 0.491 e. The normalized spacial score (nSPS) is 12.8. The molecule has 0 unspecified atom stereocenters. The van der Waals surface area contributed by atoms with Crippen molar-refractivity contribution in [1.29, 1.82) is 0 Å². The Kier molecular flexibility index (Phi) is 5.49. The van der Waals surface area contributed by atoms with Crippen LogP contribution < -0.4 is 10.1 Å². The first-order chi connectivity index (χ1) is 8.02. The molecule has 1 aromatic rings. The SMILES string of the molecule is CC[C@H](C)NCc1cc(C)ccc1OC(C)C. The van der Waals surface area contributed by atoms with Crippen LogP contribution in [0, 0.1) is 6.92 Å². The van der Waals surface area contributed by atoms with Crippen LogP contribution in [-0.2, 0) is 6.54 Å². The van der Waals surface area contributed by atoms with Gasteiger partial charge >= 0.3 is 0 Å². The quantitative estimate of drug-likeness (QED) is 0.812. The molecule has 1 rings (SSSR count). The highest BCUT2D eigenvalue weighted by Gasteiger charge is 2.07. The summed E-state index contributed by atoms with van der Waals surface area (Å²) in [6.07, 6.45) is 1.37. The van der Waals surface area contributed by atoms with E-state index in [-0.39, 0.29) is 6.10 Å². The van der Waals surface area contributed by atoms with Crippen molar-refractivity contribution in [2.24, 2.45) is 0 Å². The van der Waals surface area contributed by atoms with E-state index >= 15 is 0 Å². The standard InChI is InChI=1S/C15H25NO/c1-6-13(5)16-10-14-9-12(4)7-8-15(14)17-11(2)3/h7-9,11,13,16H,6,10H2,1-5H3/t13-/m0/s1. The van der Waals surface area contributed by atoms with Gasteiger partial charge in [0.05, 0.1) is 6.10 Å². The highest BCUT2D eigenvalue weighted by molar-refractivity contribution is 5.37. The van der Waals surface area contributed by atoms with Gasteiger partial charge in [-0.25, -0.2) is 0 Å². The van der Waals surface area contributed by atoms with Gasteiger partial charge in [-0.05, 0) is 40.2 Å². The minimum absolute atomic E-state index is 0.222. The Morgan fingerprint density at radius 1 is 1.24 bits per heavy atom. The van der Waals surface area contributed by atoms with Crippen LogP contribution in [0.2, 0.25) is 0 Å². The van der Waals surface area contributed by atoms with E-state index < -0.39 is 0 Å². The van der Waals surface area contributed by atoms with Gasteiger partial charge in [-0.2, -0.15) is 0 Å². The van der Waals surface area contributed by atoms with E-state index in [1.165, 1.54) is 11.1 Å². The van der Waals surface area contributed by atoms with Crippen molar-refractivity contribution in [3.05, 3.63) is 29.3 Å². The van der Waals surface area contributed by atoms with Crippen LogP contribution in [0.5, 0.6) is 5.75 Å². The first-order valence-corrected chi connectivity index (χ1v) is 6.52. The maximum atomic E-state index is 5.83. The zero-order chi connectivity index (χ0) is 12.8. The Bertz CT molecular complexity index is 347.